The van der Waals surface area contributed by atoms with Gasteiger partial charge in [0.25, 0.3) is 0 Å². The molecule has 1 aliphatic rings. The summed E-state index contributed by atoms with van der Waals surface area (Å²) in [7, 11) is 0. The van der Waals surface area contributed by atoms with Crippen molar-refractivity contribution in [3.63, 3.8) is 0 Å². The SMILES string of the molecule is CCCN1C=CN(c2ccc(Br)cc2)C1. The van der Waals surface area contributed by atoms with Crippen molar-refractivity contribution in [1.29, 1.82) is 0 Å². The van der Waals surface area contributed by atoms with E-state index in [1.807, 2.05) is 0 Å². The predicted molar refractivity (Wildman–Crippen MR) is 67.6 cm³/mol. The van der Waals surface area contributed by atoms with E-state index in [2.05, 4.69) is 69.3 Å². The van der Waals surface area contributed by atoms with Crippen molar-refractivity contribution >= 4 is 21.6 Å². The van der Waals surface area contributed by atoms with Gasteiger partial charge >= 0.3 is 0 Å². The molecule has 1 heterocycles. The van der Waals surface area contributed by atoms with E-state index in [9.17, 15) is 0 Å². The first-order chi connectivity index (χ1) is 7.29. The minimum atomic E-state index is 0.968. The third kappa shape index (κ3) is 2.53. The average molecular weight is 267 g/mol. The Morgan fingerprint density at radius 2 is 1.93 bits per heavy atom. The molecule has 0 aliphatic carbocycles. The Hall–Kier alpha value is -0.960. The van der Waals surface area contributed by atoms with Gasteiger partial charge in [-0.15, -0.1) is 0 Å². The van der Waals surface area contributed by atoms with Crippen LogP contribution in [0.15, 0.2) is 41.1 Å². The van der Waals surface area contributed by atoms with Gasteiger partial charge in [0.2, 0.25) is 0 Å². The van der Waals surface area contributed by atoms with E-state index in [4.69, 9.17) is 0 Å². The molecule has 0 bridgehead atoms. The molecular formula is C12H15BrN2. The van der Waals surface area contributed by atoms with Crippen LogP contribution in [0.5, 0.6) is 0 Å². The molecule has 1 aromatic carbocycles. The maximum absolute atomic E-state index is 3.44. The standard InChI is InChI=1S/C12H15BrN2/c1-2-7-14-8-9-15(10-14)12-5-3-11(13)4-6-12/h3-6,8-9H,2,7,10H2,1H3. The highest BCUT2D eigenvalue weighted by atomic mass is 79.9. The van der Waals surface area contributed by atoms with Gasteiger partial charge in [-0.1, -0.05) is 22.9 Å². The number of rotatable bonds is 3. The third-order valence-corrected chi connectivity index (χ3v) is 2.99. The zero-order chi connectivity index (χ0) is 10.7. The molecule has 0 N–H and O–H groups in total. The third-order valence-electron chi connectivity index (χ3n) is 2.46. The van der Waals surface area contributed by atoms with Crippen LogP contribution in [0, 0.1) is 0 Å². The topological polar surface area (TPSA) is 6.48 Å². The number of hydrogen-bond donors (Lipinski definition) is 0. The molecule has 0 aromatic heterocycles. The molecule has 0 saturated heterocycles. The van der Waals surface area contributed by atoms with Crippen LogP contribution in [-0.2, 0) is 0 Å². The van der Waals surface area contributed by atoms with Crippen molar-refractivity contribution in [3.8, 4) is 0 Å². The second-order valence-electron chi connectivity index (χ2n) is 3.70. The van der Waals surface area contributed by atoms with Crippen LogP contribution in [-0.4, -0.2) is 18.1 Å². The highest BCUT2D eigenvalue weighted by Gasteiger charge is 2.12. The highest BCUT2D eigenvalue weighted by Crippen LogP contribution is 2.21. The number of nitrogens with zero attached hydrogens (tertiary/aromatic N) is 2. The van der Waals surface area contributed by atoms with Gasteiger partial charge < -0.3 is 9.80 Å². The van der Waals surface area contributed by atoms with E-state index < -0.39 is 0 Å². The number of anilines is 1. The lowest BCUT2D eigenvalue weighted by molar-refractivity contribution is 0.406. The minimum absolute atomic E-state index is 0.968. The van der Waals surface area contributed by atoms with Gasteiger partial charge in [0, 0.05) is 29.1 Å². The van der Waals surface area contributed by atoms with Gasteiger partial charge in [-0.25, -0.2) is 0 Å². The lowest BCUT2D eigenvalue weighted by atomic mass is 10.3. The Balaban J connectivity index is 2.02. The molecular weight excluding hydrogens is 252 g/mol. The number of halogens is 1. The molecule has 2 nitrogen and oxygen atoms in total. The number of hydrogen-bond acceptors (Lipinski definition) is 2. The van der Waals surface area contributed by atoms with Crippen LogP contribution in [0.4, 0.5) is 5.69 Å². The van der Waals surface area contributed by atoms with Gasteiger partial charge in [-0.2, -0.15) is 0 Å². The predicted octanol–water partition coefficient (Wildman–Crippen LogP) is 3.41. The van der Waals surface area contributed by atoms with Crippen LogP contribution >= 0.6 is 15.9 Å². The van der Waals surface area contributed by atoms with E-state index in [0.29, 0.717) is 0 Å². The van der Waals surface area contributed by atoms with Crippen LogP contribution in [0.1, 0.15) is 13.3 Å². The van der Waals surface area contributed by atoms with Gasteiger partial charge in [0.15, 0.2) is 0 Å². The largest absolute Gasteiger partial charge is 0.358 e. The van der Waals surface area contributed by atoms with E-state index >= 15 is 0 Å². The average Bonchev–Trinajstić information content (AvgIpc) is 2.68. The van der Waals surface area contributed by atoms with Gasteiger partial charge in [-0.05, 0) is 30.7 Å². The first kappa shape index (κ1) is 10.6. The summed E-state index contributed by atoms with van der Waals surface area (Å²) in [5.74, 6) is 0. The fraction of sp³-hybridized carbons (Fsp3) is 0.333. The summed E-state index contributed by atoms with van der Waals surface area (Å²) < 4.78 is 1.12. The lowest BCUT2D eigenvalue weighted by Gasteiger charge is -2.20. The first-order valence-corrected chi connectivity index (χ1v) is 6.03. The maximum Gasteiger partial charge on any atom is 0.0941 e. The van der Waals surface area contributed by atoms with Gasteiger partial charge in [-0.3, -0.25) is 0 Å². The Morgan fingerprint density at radius 1 is 1.20 bits per heavy atom. The highest BCUT2D eigenvalue weighted by molar-refractivity contribution is 9.10. The number of benzene rings is 1. The van der Waals surface area contributed by atoms with E-state index in [1.54, 1.807) is 0 Å². The molecule has 0 saturated carbocycles. The molecule has 0 amide bonds. The van der Waals surface area contributed by atoms with E-state index in [0.717, 1.165) is 17.7 Å². The van der Waals surface area contributed by atoms with E-state index in [1.165, 1.54) is 12.1 Å². The lowest BCUT2D eigenvalue weighted by Crippen LogP contribution is -2.25. The first-order valence-electron chi connectivity index (χ1n) is 5.24. The molecule has 0 fully saturated rings. The molecule has 3 heteroatoms. The van der Waals surface area contributed by atoms with Gasteiger partial charge in [0.1, 0.15) is 0 Å². The summed E-state index contributed by atoms with van der Waals surface area (Å²) in [6, 6.07) is 8.41. The van der Waals surface area contributed by atoms with Crippen molar-refractivity contribution in [2.75, 3.05) is 18.1 Å². The molecule has 0 unspecified atom stereocenters. The van der Waals surface area contributed by atoms with Crippen LogP contribution in [0.3, 0.4) is 0 Å². The van der Waals surface area contributed by atoms with Gasteiger partial charge in [0.05, 0.1) is 6.67 Å². The van der Waals surface area contributed by atoms with Crippen molar-refractivity contribution < 1.29 is 0 Å². The van der Waals surface area contributed by atoms with Crippen molar-refractivity contribution in [2.24, 2.45) is 0 Å². The fourth-order valence-corrected chi connectivity index (χ4v) is 1.96. The smallest absolute Gasteiger partial charge is 0.0941 e. The fourth-order valence-electron chi connectivity index (χ4n) is 1.70. The Morgan fingerprint density at radius 3 is 2.60 bits per heavy atom. The molecule has 0 radical (unpaired) electrons. The second-order valence-corrected chi connectivity index (χ2v) is 4.61. The summed E-state index contributed by atoms with van der Waals surface area (Å²) in [5.41, 5.74) is 1.24. The zero-order valence-electron chi connectivity index (χ0n) is 8.86. The molecule has 15 heavy (non-hydrogen) atoms. The molecule has 0 spiro atoms. The summed E-state index contributed by atoms with van der Waals surface area (Å²) in [6.07, 6.45) is 5.49. The quantitative estimate of drug-likeness (QED) is 0.828. The Labute approximate surface area is 99.3 Å². The zero-order valence-corrected chi connectivity index (χ0v) is 10.4. The van der Waals surface area contributed by atoms with Crippen LogP contribution in [0.2, 0.25) is 0 Å². The van der Waals surface area contributed by atoms with Crippen LogP contribution < -0.4 is 4.90 Å². The molecule has 1 aromatic rings. The van der Waals surface area contributed by atoms with Crippen molar-refractivity contribution in [2.45, 2.75) is 13.3 Å². The minimum Gasteiger partial charge on any atom is -0.358 e. The molecule has 0 atom stereocenters. The van der Waals surface area contributed by atoms with Crippen molar-refractivity contribution in [3.05, 3.63) is 41.1 Å². The Bertz CT molecular complexity index is 345. The summed E-state index contributed by atoms with van der Waals surface area (Å²) in [6.45, 7) is 4.30. The summed E-state index contributed by atoms with van der Waals surface area (Å²) in [4.78, 5) is 4.57. The molecule has 1 aliphatic heterocycles. The summed E-state index contributed by atoms with van der Waals surface area (Å²) in [5, 5.41) is 0. The van der Waals surface area contributed by atoms with E-state index in [-0.39, 0.29) is 0 Å². The van der Waals surface area contributed by atoms with Crippen LogP contribution in [0.25, 0.3) is 0 Å². The molecule has 80 valence electrons. The van der Waals surface area contributed by atoms with Crippen molar-refractivity contribution in [1.82, 2.24) is 4.90 Å². The molecule has 2 rings (SSSR count). The second kappa shape index (κ2) is 4.71. The Kier molecular flexibility index (Phi) is 3.31. The summed E-state index contributed by atoms with van der Waals surface area (Å²) >= 11 is 3.44. The monoisotopic (exact) mass is 266 g/mol. The normalized spacial score (nSPS) is 15.1. The maximum atomic E-state index is 3.44.